The first-order valence-electron chi connectivity index (χ1n) is 8.84. The molecule has 0 aromatic heterocycles. The Balaban J connectivity index is 1.42. The van der Waals surface area contributed by atoms with Gasteiger partial charge in [-0.05, 0) is 24.0 Å². The highest BCUT2D eigenvalue weighted by Crippen LogP contribution is 2.24. The van der Waals surface area contributed by atoms with Gasteiger partial charge in [-0.1, -0.05) is 67.1 Å². The first-order valence-corrected chi connectivity index (χ1v) is 8.84. The summed E-state index contributed by atoms with van der Waals surface area (Å²) in [7, 11) is 0. The monoisotopic (exact) mass is 335 g/mol. The molecule has 0 unspecified atom stereocenters. The van der Waals surface area contributed by atoms with Crippen molar-refractivity contribution in [1.82, 2.24) is 4.90 Å². The fourth-order valence-corrected chi connectivity index (χ4v) is 3.27. The molecular formula is C22H25NO2. The molecule has 0 radical (unpaired) electrons. The Morgan fingerprint density at radius 2 is 1.24 bits per heavy atom. The van der Waals surface area contributed by atoms with Crippen LogP contribution < -0.4 is 0 Å². The molecule has 2 atom stereocenters. The summed E-state index contributed by atoms with van der Waals surface area (Å²) < 4.78 is 11.8. The number of benzene rings is 2. The topological polar surface area (TPSA) is 21.7 Å². The molecule has 25 heavy (non-hydrogen) atoms. The van der Waals surface area contributed by atoms with E-state index in [9.17, 15) is 0 Å². The molecule has 1 heterocycles. The van der Waals surface area contributed by atoms with Crippen molar-refractivity contribution in [3.63, 3.8) is 0 Å². The summed E-state index contributed by atoms with van der Waals surface area (Å²) in [5.41, 5.74) is 2.38. The molecule has 1 aliphatic heterocycles. The van der Waals surface area contributed by atoms with Crippen molar-refractivity contribution in [2.45, 2.75) is 38.1 Å². The van der Waals surface area contributed by atoms with Crippen LogP contribution in [0, 0.1) is 12.5 Å². The number of hydrogen-bond acceptors (Lipinski definition) is 3. The number of hydrogen-bond donors (Lipinski definition) is 0. The summed E-state index contributed by atoms with van der Waals surface area (Å²) in [6, 6.07) is 23.8. The van der Waals surface area contributed by atoms with Crippen molar-refractivity contribution in [2.24, 2.45) is 0 Å². The molecule has 0 N–H and O–H groups in total. The molecule has 3 nitrogen and oxygen atoms in total. The van der Waals surface area contributed by atoms with Crippen LogP contribution in [-0.4, -0.2) is 30.2 Å². The second kappa shape index (κ2) is 9.27. The first kappa shape index (κ1) is 17.5. The Labute approximate surface area is 150 Å². The van der Waals surface area contributed by atoms with Gasteiger partial charge in [0.1, 0.15) is 0 Å². The minimum Gasteiger partial charge on any atom is -0.375 e. The Kier molecular flexibility index (Phi) is 6.50. The highest BCUT2D eigenvalue weighted by Gasteiger charge is 2.31. The van der Waals surface area contributed by atoms with Gasteiger partial charge in [0.25, 0.3) is 0 Å². The fraction of sp³-hybridized carbons (Fsp3) is 0.364. The van der Waals surface area contributed by atoms with E-state index in [1.165, 1.54) is 11.1 Å². The standard InChI is InChI=1S/C22H25NO2/c1-2-23-21(17-24-15-19-9-5-3-6-10-19)13-14-22(23)18-25-16-20-11-7-4-8-12-20/h1,3-12,21-22H,13-18H2/t21-,22-/m0/s1. The number of ether oxygens (including phenoxy) is 2. The largest absolute Gasteiger partial charge is 0.375 e. The van der Waals surface area contributed by atoms with Crippen LogP contribution in [0.3, 0.4) is 0 Å². The van der Waals surface area contributed by atoms with Gasteiger partial charge in [-0.2, -0.15) is 0 Å². The minimum absolute atomic E-state index is 0.277. The molecule has 1 fully saturated rings. The molecular weight excluding hydrogens is 310 g/mol. The highest BCUT2D eigenvalue weighted by atomic mass is 16.5. The summed E-state index contributed by atoms with van der Waals surface area (Å²) in [5, 5.41) is 0. The quantitative estimate of drug-likeness (QED) is 0.684. The minimum atomic E-state index is 0.277. The van der Waals surface area contributed by atoms with Crippen LogP contribution in [0.5, 0.6) is 0 Å². The Hall–Kier alpha value is -2.28. The molecule has 130 valence electrons. The van der Waals surface area contributed by atoms with Crippen molar-refractivity contribution in [3.05, 3.63) is 71.8 Å². The fourth-order valence-electron chi connectivity index (χ4n) is 3.27. The first-order chi connectivity index (χ1) is 12.4. The summed E-state index contributed by atoms with van der Waals surface area (Å²) in [4.78, 5) is 2.08. The van der Waals surface area contributed by atoms with E-state index in [2.05, 4.69) is 35.2 Å². The Morgan fingerprint density at radius 1 is 0.800 bits per heavy atom. The van der Waals surface area contributed by atoms with Crippen LogP contribution in [-0.2, 0) is 22.7 Å². The summed E-state index contributed by atoms with van der Waals surface area (Å²) in [5.74, 6) is 0. The van der Waals surface area contributed by atoms with Gasteiger partial charge in [-0.25, -0.2) is 0 Å². The SMILES string of the molecule is C#CN1[C@H](COCc2ccccc2)CC[C@H]1COCc1ccccc1. The summed E-state index contributed by atoms with van der Waals surface area (Å²) in [6.07, 6.45) is 7.85. The predicted octanol–water partition coefficient (Wildman–Crippen LogP) is 3.84. The van der Waals surface area contributed by atoms with Crippen molar-refractivity contribution < 1.29 is 9.47 Å². The Morgan fingerprint density at radius 3 is 1.64 bits per heavy atom. The van der Waals surface area contributed by atoms with Gasteiger partial charge < -0.3 is 14.4 Å². The van der Waals surface area contributed by atoms with Crippen molar-refractivity contribution >= 4 is 0 Å². The molecule has 0 spiro atoms. The van der Waals surface area contributed by atoms with Crippen LogP contribution in [0.15, 0.2) is 60.7 Å². The number of rotatable bonds is 8. The van der Waals surface area contributed by atoms with Crippen molar-refractivity contribution in [1.29, 1.82) is 0 Å². The third-order valence-corrected chi connectivity index (χ3v) is 4.61. The average Bonchev–Trinajstić information content (AvgIpc) is 3.05. The van der Waals surface area contributed by atoms with Gasteiger partial charge in [0, 0.05) is 6.04 Å². The third kappa shape index (κ3) is 5.09. The van der Waals surface area contributed by atoms with Gasteiger partial charge in [0.05, 0.1) is 38.5 Å². The molecule has 3 heteroatoms. The van der Waals surface area contributed by atoms with Gasteiger partial charge in [0.2, 0.25) is 0 Å². The normalized spacial score (nSPS) is 19.7. The molecule has 0 amide bonds. The van der Waals surface area contributed by atoms with Crippen LogP contribution in [0.4, 0.5) is 0 Å². The number of likely N-dealkylation sites (tertiary alicyclic amines) is 1. The molecule has 1 aliphatic rings. The zero-order valence-corrected chi connectivity index (χ0v) is 14.5. The van der Waals surface area contributed by atoms with E-state index >= 15 is 0 Å². The van der Waals surface area contributed by atoms with Crippen LogP contribution in [0.2, 0.25) is 0 Å². The van der Waals surface area contributed by atoms with Gasteiger partial charge in [0.15, 0.2) is 0 Å². The molecule has 3 rings (SSSR count). The maximum atomic E-state index is 5.88. The molecule has 0 bridgehead atoms. The third-order valence-electron chi connectivity index (χ3n) is 4.61. The maximum Gasteiger partial charge on any atom is 0.0717 e. The average molecular weight is 335 g/mol. The zero-order valence-electron chi connectivity index (χ0n) is 14.5. The van der Waals surface area contributed by atoms with E-state index in [-0.39, 0.29) is 12.1 Å². The van der Waals surface area contributed by atoms with E-state index in [1.54, 1.807) is 0 Å². The lowest BCUT2D eigenvalue weighted by Gasteiger charge is -2.26. The lowest BCUT2D eigenvalue weighted by atomic mass is 10.2. The molecule has 2 aromatic rings. The van der Waals surface area contributed by atoms with E-state index in [4.69, 9.17) is 15.9 Å². The zero-order chi connectivity index (χ0) is 17.3. The molecule has 1 saturated heterocycles. The van der Waals surface area contributed by atoms with Crippen molar-refractivity contribution in [2.75, 3.05) is 13.2 Å². The molecule has 0 aliphatic carbocycles. The molecule has 2 aromatic carbocycles. The lowest BCUT2D eigenvalue weighted by Crippen LogP contribution is -2.37. The summed E-state index contributed by atoms with van der Waals surface area (Å²) in [6.45, 7) is 2.58. The van der Waals surface area contributed by atoms with Crippen LogP contribution in [0.1, 0.15) is 24.0 Å². The van der Waals surface area contributed by atoms with Crippen molar-refractivity contribution in [3.8, 4) is 12.5 Å². The van der Waals surface area contributed by atoms with Gasteiger partial charge in [-0.15, -0.1) is 0 Å². The number of terminal acetylenes is 1. The second-order valence-corrected chi connectivity index (χ2v) is 6.42. The molecule has 0 saturated carbocycles. The number of nitrogens with zero attached hydrogens (tertiary/aromatic N) is 1. The summed E-state index contributed by atoms with van der Waals surface area (Å²) >= 11 is 0. The van der Waals surface area contributed by atoms with Gasteiger partial charge >= 0.3 is 0 Å². The lowest BCUT2D eigenvalue weighted by molar-refractivity contribution is 0.0495. The van der Waals surface area contributed by atoms with E-state index in [0.717, 1.165) is 12.8 Å². The second-order valence-electron chi connectivity index (χ2n) is 6.42. The smallest absolute Gasteiger partial charge is 0.0717 e. The van der Waals surface area contributed by atoms with E-state index in [1.807, 2.05) is 36.4 Å². The van der Waals surface area contributed by atoms with Gasteiger partial charge in [-0.3, -0.25) is 0 Å². The van der Waals surface area contributed by atoms with E-state index in [0.29, 0.717) is 26.4 Å². The predicted molar refractivity (Wildman–Crippen MR) is 99.7 cm³/mol. The van der Waals surface area contributed by atoms with Crippen LogP contribution in [0.25, 0.3) is 0 Å². The van der Waals surface area contributed by atoms with E-state index < -0.39 is 0 Å². The van der Waals surface area contributed by atoms with Crippen LogP contribution >= 0.6 is 0 Å². The Bertz CT molecular complexity index is 612. The highest BCUT2D eigenvalue weighted by molar-refractivity contribution is 5.14. The maximum absolute atomic E-state index is 5.88.